The first-order valence-electron chi connectivity index (χ1n) is 6.72. The first kappa shape index (κ1) is 15.2. The number of nitrogens with zero attached hydrogens (tertiary/aromatic N) is 1. The fourth-order valence-corrected chi connectivity index (χ4v) is 2.61. The van der Waals surface area contributed by atoms with Gasteiger partial charge in [-0.3, -0.25) is 9.59 Å². The number of ether oxygens (including phenoxy) is 2. The molecule has 0 saturated carbocycles. The van der Waals surface area contributed by atoms with Crippen LogP contribution in [0.4, 0.5) is 0 Å². The molecule has 114 valence electrons. The molecule has 1 aliphatic heterocycles. The molecule has 6 heteroatoms. The third-order valence-corrected chi connectivity index (χ3v) is 3.85. The van der Waals surface area contributed by atoms with Gasteiger partial charge in [-0.1, -0.05) is 6.92 Å². The molecule has 1 heterocycles. The summed E-state index contributed by atoms with van der Waals surface area (Å²) in [5.41, 5.74) is 0.464. The number of benzene rings is 1. The van der Waals surface area contributed by atoms with Gasteiger partial charge in [-0.15, -0.1) is 0 Å². The molecular formula is C15H19NO5. The highest BCUT2D eigenvalue weighted by Gasteiger charge is 2.37. The zero-order chi connectivity index (χ0) is 15.6. The minimum absolute atomic E-state index is 0.0495. The Balaban J connectivity index is 2.19. The lowest BCUT2D eigenvalue weighted by Crippen LogP contribution is -2.29. The maximum Gasteiger partial charge on any atom is 0.308 e. The van der Waals surface area contributed by atoms with E-state index in [0.29, 0.717) is 23.6 Å². The first-order valence-corrected chi connectivity index (χ1v) is 6.72. The molecule has 0 aliphatic carbocycles. The zero-order valence-corrected chi connectivity index (χ0v) is 12.3. The van der Waals surface area contributed by atoms with Gasteiger partial charge in [-0.25, -0.2) is 0 Å². The van der Waals surface area contributed by atoms with Crippen LogP contribution >= 0.6 is 0 Å². The zero-order valence-electron chi connectivity index (χ0n) is 12.3. The second-order valence-electron chi connectivity index (χ2n) is 5.20. The summed E-state index contributed by atoms with van der Waals surface area (Å²) >= 11 is 0. The van der Waals surface area contributed by atoms with E-state index < -0.39 is 11.9 Å². The number of hydrogen-bond acceptors (Lipinski definition) is 4. The van der Waals surface area contributed by atoms with Crippen LogP contribution in [0.5, 0.6) is 11.5 Å². The minimum Gasteiger partial charge on any atom is -0.493 e. The number of carboxylic acids is 1. The number of carbonyl (C=O) groups is 2. The number of likely N-dealkylation sites (tertiary alicyclic amines) is 1. The number of amides is 1. The van der Waals surface area contributed by atoms with Crippen molar-refractivity contribution >= 4 is 11.9 Å². The fraction of sp³-hybridized carbons (Fsp3) is 0.467. The number of hydrogen-bond donors (Lipinski definition) is 1. The van der Waals surface area contributed by atoms with E-state index in [4.69, 9.17) is 14.6 Å². The molecule has 2 rings (SSSR count). The molecule has 2 atom stereocenters. The van der Waals surface area contributed by atoms with E-state index in [1.165, 1.54) is 14.2 Å². The average molecular weight is 293 g/mol. The maximum absolute atomic E-state index is 12.5. The third kappa shape index (κ3) is 2.94. The standard InChI is InChI=1S/C15H19NO5/c1-9-7-16(8-11(9)15(18)19)14(17)10-4-5-12(20-2)13(6-10)21-3/h4-6,9,11H,7-8H2,1-3H3,(H,18,19)/t9-,11-/m1/s1. The van der Waals surface area contributed by atoms with Crippen molar-refractivity contribution in [2.75, 3.05) is 27.3 Å². The smallest absolute Gasteiger partial charge is 0.308 e. The van der Waals surface area contributed by atoms with Crippen molar-refractivity contribution in [1.29, 1.82) is 0 Å². The van der Waals surface area contributed by atoms with Crippen LogP contribution in [0.3, 0.4) is 0 Å². The summed E-state index contributed by atoms with van der Waals surface area (Å²) in [6, 6.07) is 4.93. The molecule has 1 aromatic rings. The van der Waals surface area contributed by atoms with Gasteiger partial charge >= 0.3 is 5.97 Å². The molecule has 1 aliphatic rings. The van der Waals surface area contributed by atoms with Crippen LogP contribution in [-0.2, 0) is 4.79 Å². The number of carboxylic acid groups (broad SMARTS) is 1. The van der Waals surface area contributed by atoms with Gasteiger partial charge in [0.15, 0.2) is 11.5 Å². The topological polar surface area (TPSA) is 76.1 Å². The van der Waals surface area contributed by atoms with Gasteiger partial charge in [0, 0.05) is 18.7 Å². The van der Waals surface area contributed by atoms with Gasteiger partial charge in [0.25, 0.3) is 5.91 Å². The van der Waals surface area contributed by atoms with Crippen molar-refractivity contribution in [1.82, 2.24) is 4.90 Å². The monoisotopic (exact) mass is 293 g/mol. The number of rotatable bonds is 4. The number of carbonyl (C=O) groups excluding carboxylic acids is 1. The lowest BCUT2D eigenvalue weighted by molar-refractivity contribution is -0.142. The van der Waals surface area contributed by atoms with Crippen molar-refractivity contribution in [3.8, 4) is 11.5 Å². The van der Waals surface area contributed by atoms with Crippen molar-refractivity contribution in [3.63, 3.8) is 0 Å². The molecule has 21 heavy (non-hydrogen) atoms. The highest BCUT2D eigenvalue weighted by atomic mass is 16.5. The minimum atomic E-state index is -0.856. The van der Waals surface area contributed by atoms with Gasteiger partial charge in [0.1, 0.15) is 0 Å². The van der Waals surface area contributed by atoms with E-state index in [-0.39, 0.29) is 18.4 Å². The second kappa shape index (κ2) is 6.03. The summed E-state index contributed by atoms with van der Waals surface area (Å²) in [5.74, 6) is -0.574. The molecule has 1 N–H and O–H groups in total. The molecule has 1 fully saturated rings. The molecule has 6 nitrogen and oxygen atoms in total. The third-order valence-electron chi connectivity index (χ3n) is 3.85. The van der Waals surface area contributed by atoms with Crippen molar-refractivity contribution in [3.05, 3.63) is 23.8 Å². The molecule has 0 radical (unpaired) electrons. The summed E-state index contributed by atoms with van der Waals surface area (Å²) < 4.78 is 10.3. The van der Waals surface area contributed by atoms with Crippen molar-refractivity contribution in [2.45, 2.75) is 6.92 Å². The fourth-order valence-electron chi connectivity index (χ4n) is 2.61. The quantitative estimate of drug-likeness (QED) is 0.910. The van der Waals surface area contributed by atoms with E-state index in [1.807, 2.05) is 6.92 Å². The Kier molecular flexibility index (Phi) is 4.35. The van der Waals surface area contributed by atoms with Gasteiger partial charge in [0.05, 0.1) is 20.1 Å². The Labute approximate surface area is 123 Å². The normalized spacial score (nSPS) is 21.2. The van der Waals surface area contributed by atoms with Crippen LogP contribution in [0, 0.1) is 11.8 Å². The molecule has 0 unspecified atom stereocenters. The predicted octanol–water partition coefficient (Wildman–Crippen LogP) is 1.50. The Morgan fingerprint density at radius 2 is 1.86 bits per heavy atom. The predicted molar refractivity (Wildman–Crippen MR) is 75.7 cm³/mol. The summed E-state index contributed by atoms with van der Waals surface area (Å²) in [6.45, 7) is 2.54. The lowest BCUT2D eigenvalue weighted by atomic mass is 9.99. The van der Waals surface area contributed by atoms with E-state index in [2.05, 4.69) is 0 Å². The highest BCUT2D eigenvalue weighted by Crippen LogP contribution is 2.30. The number of aliphatic carboxylic acids is 1. The Bertz CT molecular complexity index is 557. The lowest BCUT2D eigenvalue weighted by Gasteiger charge is -2.17. The van der Waals surface area contributed by atoms with Crippen molar-refractivity contribution < 1.29 is 24.2 Å². The maximum atomic E-state index is 12.5. The Morgan fingerprint density at radius 1 is 1.19 bits per heavy atom. The Morgan fingerprint density at radius 3 is 2.38 bits per heavy atom. The van der Waals surface area contributed by atoms with Crippen LogP contribution < -0.4 is 9.47 Å². The SMILES string of the molecule is COc1ccc(C(=O)N2C[C@@H](C)[C@H](C(=O)O)C2)cc1OC. The summed E-state index contributed by atoms with van der Waals surface area (Å²) in [7, 11) is 3.03. The molecule has 0 spiro atoms. The van der Waals surface area contributed by atoms with Gasteiger partial charge in [-0.05, 0) is 24.1 Å². The van der Waals surface area contributed by atoms with Gasteiger partial charge < -0.3 is 19.5 Å². The van der Waals surface area contributed by atoms with E-state index in [0.717, 1.165) is 0 Å². The van der Waals surface area contributed by atoms with Gasteiger partial charge in [-0.2, -0.15) is 0 Å². The summed E-state index contributed by atoms with van der Waals surface area (Å²) in [6.07, 6.45) is 0. The van der Waals surface area contributed by atoms with Crippen LogP contribution in [-0.4, -0.2) is 49.2 Å². The molecule has 1 saturated heterocycles. The van der Waals surface area contributed by atoms with Crippen LogP contribution in [0.1, 0.15) is 17.3 Å². The van der Waals surface area contributed by atoms with Crippen molar-refractivity contribution in [2.24, 2.45) is 11.8 Å². The Hall–Kier alpha value is -2.24. The van der Waals surface area contributed by atoms with Crippen LogP contribution in [0.15, 0.2) is 18.2 Å². The molecule has 1 aromatic carbocycles. The average Bonchev–Trinajstić information content (AvgIpc) is 2.87. The molecular weight excluding hydrogens is 274 g/mol. The highest BCUT2D eigenvalue weighted by molar-refractivity contribution is 5.95. The first-order chi connectivity index (χ1) is 9.97. The van der Waals surface area contributed by atoms with Crippen LogP contribution in [0.25, 0.3) is 0 Å². The number of methoxy groups -OCH3 is 2. The molecule has 0 aromatic heterocycles. The van der Waals surface area contributed by atoms with E-state index in [9.17, 15) is 9.59 Å². The second-order valence-corrected chi connectivity index (χ2v) is 5.20. The summed E-state index contributed by atoms with van der Waals surface area (Å²) in [5, 5.41) is 9.13. The molecule has 0 bridgehead atoms. The van der Waals surface area contributed by atoms with E-state index >= 15 is 0 Å². The molecule has 1 amide bonds. The summed E-state index contributed by atoms with van der Waals surface area (Å²) in [4.78, 5) is 25.2. The van der Waals surface area contributed by atoms with E-state index in [1.54, 1.807) is 23.1 Å². The largest absolute Gasteiger partial charge is 0.493 e. The van der Waals surface area contributed by atoms with Gasteiger partial charge in [0.2, 0.25) is 0 Å². The van der Waals surface area contributed by atoms with Crippen LogP contribution in [0.2, 0.25) is 0 Å².